The van der Waals surface area contributed by atoms with Crippen LogP contribution in [0.25, 0.3) is 0 Å². The second-order valence-corrected chi connectivity index (χ2v) is 5.66. The van der Waals surface area contributed by atoms with Crippen molar-refractivity contribution in [2.45, 2.75) is 52.6 Å². The summed E-state index contributed by atoms with van der Waals surface area (Å²) >= 11 is 0. The molecule has 21 heavy (non-hydrogen) atoms. The van der Waals surface area contributed by atoms with Gasteiger partial charge in [0.05, 0.1) is 12.2 Å². The van der Waals surface area contributed by atoms with E-state index in [0.717, 1.165) is 5.82 Å². The number of rotatable bonds is 5. The Bertz CT molecular complexity index is 613. The van der Waals surface area contributed by atoms with E-state index < -0.39 is 0 Å². The fourth-order valence-corrected chi connectivity index (χ4v) is 2.04. The number of hydrogen-bond acceptors (Lipinski definition) is 4. The van der Waals surface area contributed by atoms with E-state index in [-0.39, 0.29) is 23.9 Å². The number of nitrogens with one attached hydrogen (secondary N) is 1. The van der Waals surface area contributed by atoms with Gasteiger partial charge in [-0.3, -0.25) is 4.79 Å². The quantitative estimate of drug-likeness (QED) is 0.917. The van der Waals surface area contributed by atoms with Gasteiger partial charge in [0.15, 0.2) is 5.82 Å². The minimum Gasteiger partial charge on any atom is -0.323 e. The summed E-state index contributed by atoms with van der Waals surface area (Å²) in [6.07, 6.45) is 5.10. The van der Waals surface area contributed by atoms with E-state index in [0.29, 0.717) is 5.82 Å². The Labute approximate surface area is 124 Å². The molecule has 7 nitrogen and oxygen atoms in total. The summed E-state index contributed by atoms with van der Waals surface area (Å²) in [6.45, 7) is 9.91. The first-order valence-electron chi connectivity index (χ1n) is 7.15. The average molecular weight is 290 g/mol. The van der Waals surface area contributed by atoms with Gasteiger partial charge in [-0.15, -0.1) is 5.10 Å². The third-order valence-electron chi connectivity index (χ3n) is 3.23. The molecule has 1 N–H and O–H groups in total. The highest BCUT2D eigenvalue weighted by Gasteiger charge is 2.20. The van der Waals surface area contributed by atoms with Gasteiger partial charge in [-0.2, -0.15) is 9.90 Å². The number of hydrogen-bond donors (Lipinski definition) is 1. The second-order valence-electron chi connectivity index (χ2n) is 5.66. The number of amides is 1. The van der Waals surface area contributed by atoms with Gasteiger partial charge in [-0.05, 0) is 20.8 Å². The third-order valence-corrected chi connectivity index (χ3v) is 3.23. The fraction of sp³-hybridized carbons (Fsp3) is 0.571. The van der Waals surface area contributed by atoms with Crippen molar-refractivity contribution in [2.75, 3.05) is 5.32 Å². The molecule has 1 unspecified atom stereocenters. The Hall–Kier alpha value is -2.18. The Balaban J connectivity index is 2.10. The molecular weight excluding hydrogens is 268 g/mol. The van der Waals surface area contributed by atoms with Crippen molar-refractivity contribution in [1.82, 2.24) is 24.5 Å². The largest absolute Gasteiger partial charge is 0.323 e. The summed E-state index contributed by atoms with van der Waals surface area (Å²) in [5, 5.41) is 11.1. The number of carbonyl (C=O) groups excluding carboxylic acids is 1. The average Bonchev–Trinajstić information content (AvgIpc) is 3.06. The van der Waals surface area contributed by atoms with Crippen molar-refractivity contribution in [3.8, 4) is 0 Å². The fourth-order valence-electron chi connectivity index (χ4n) is 2.04. The summed E-state index contributed by atoms with van der Waals surface area (Å²) in [4.78, 5) is 18.2. The zero-order chi connectivity index (χ0) is 15.6. The zero-order valence-electron chi connectivity index (χ0n) is 13.1. The van der Waals surface area contributed by atoms with Crippen molar-refractivity contribution in [1.29, 1.82) is 0 Å². The number of imidazole rings is 1. The van der Waals surface area contributed by atoms with Gasteiger partial charge < -0.3 is 9.88 Å². The first kappa shape index (κ1) is 15.2. The smallest absolute Gasteiger partial charge is 0.248 e. The highest BCUT2D eigenvalue weighted by Crippen LogP contribution is 2.18. The molecule has 0 spiro atoms. The molecule has 2 heterocycles. The summed E-state index contributed by atoms with van der Waals surface area (Å²) in [6, 6.07) is -0.191. The molecule has 0 aliphatic heterocycles. The van der Waals surface area contributed by atoms with Crippen molar-refractivity contribution >= 4 is 11.7 Å². The number of carbonyl (C=O) groups is 1. The van der Waals surface area contributed by atoms with Crippen LogP contribution in [0.5, 0.6) is 0 Å². The standard InChI is InChI=1S/C14H22N6O/c1-9(2)13-15-6-7-19(13)11(5)14(21)17-12-8-16-20(18-12)10(3)4/h6-11H,1-5H3,(H,17,18,21). The maximum Gasteiger partial charge on any atom is 0.248 e. The zero-order valence-corrected chi connectivity index (χ0v) is 13.1. The van der Waals surface area contributed by atoms with Crippen LogP contribution in [-0.4, -0.2) is 30.5 Å². The van der Waals surface area contributed by atoms with Crippen molar-refractivity contribution in [3.63, 3.8) is 0 Å². The van der Waals surface area contributed by atoms with Crippen LogP contribution in [0, 0.1) is 0 Å². The van der Waals surface area contributed by atoms with Crippen LogP contribution in [0.2, 0.25) is 0 Å². The van der Waals surface area contributed by atoms with Crippen LogP contribution in [0.15, 0.2) is 18.6 Å². The van der Waals surface area contributed by atoms with E-state index >= 15 is 0 Å². The Morgan fingerprint density at radius 3 is 2.52 bits per heavy atom. The highest BCUT2D eigenvalue weighted by atomic mass is 16.2. The van der Waals surface area contributed by atoms with Crippen LogP contribution >= 0.6 is 0 Å². The molecule has 0 aliphatic rings. The lowest BCUT2D eigenvalue weighted by Gasteiger charge is -2.17. The summed E-state index contributed by atoms with van der Waals surface area (Å²) < 4.78 is 1.88. The van der Waals surface area contributed by atoms with Gasteiger partial charge in [0.2, 0.25) is 5.91 Å². The van der Waals surface area contributed by atoms with E-state index in [2.05, 4.69) is 34.3 Å². The molecule has 0 fully saturated rings. The van der Waals surface area contributed by atoms with Gasteiger partial charge in [-0.1, -0.05) is 13.8 Å². The van der Waals surface area contributed by atoms with Crippen molar-refractivity contribution in [3.05, 3.63) is 24.4 Å². The lowest BCUT2D eigenvalue weighted by molar-refractivity contribution is -0.118. The minimum absolute atomic E-state index is 0.134. The first-order valence-corrected chi connectivity index (χ1v) is 7.15. The molecule has 2 aromatic rings. The number of anilines is 1. The van der Waals surface area contributed by atoms with Gasteiger partial charge in [0, 0.05) is 18.3 Å². The summed E-state index contributed by atoms with van der Waals surface area (Å²) in [7, 11) is 0. The lowest BCUT2D eigenvalue weighted by Crippen LogP contribution is -2.25. The molecule has 0 bridgehead atoms. The number of nitrogens with zero attached hydrogens (tertiary/aromatic N) is 5. The Morgan fingerprint density at radius 1 is 1.24 bits per heavy atom. The van der Waals surface area contributed by atoms with Crippen LogP contribution < -0.4 is 5.32 Å². The molecule has 114 valence electrons. The molecule has 2 aromatic heterocycles. The minimum atomic E-state index is -0.353. The summed E-state index contributed by atoms with van der Waals surface area (Å²) in [5.74, 6) is 1.48. The van der Waals surface area contributed by atoms with Crippen LogP contribution in [0.3, 0.4) is 0 Å². The normalized spacial score (nSPS) is 12.9. The Kier molecular flexibility index (Phi) is 4.40. The van der Waals surface area contributed by atoms with Crippen molar-refractivity contribution in [2.24, 2.45) is 0 Å². The SMILES string of the molecule is CC(C)c1nccn1C(C)C(=O)Nc1cnn(C(C)C)n1. The van der Waals surface area contributed by atoms with Gasteiger partial charge >= 0.3 is 0 Å². The van der Waals surface area contributed by atoms with Crippen LogP contribution in [0.1, 0.15) is 58.4 Å². The molecule has 1 amide bonds. The molecule has 0 saturated heterocycles. The molecule has 0 aliphatic carbocycles. The summed E-state index contributed by atoms with van der Waals surface area (Å²) in [5.41, 5.74) is 0. The molecule has 0 saturated carbocycles. The predicted molar refractivity (Wildman–Crippen MR) is 80.1 cm³/mol. The highest BCUT2D eigenvalue weighted by molar-refractivity contribution is 5.92. The lowest BCUT2D eigenvalue weighted by atomic mass is 10.2. The van der Waals surface area contributed by atoms with Crippen molar-refractivity contribution < 1.29 is 4.79 Å². The Morgan fingerprint density at radius 2 is 1.95 bits per heavy atom. The molecule has 0 aromatic carbocycles. The molecule has 7 heteroatoms. The van der Waals surface area contributed by atoms with E-state index in [4.69, 9.17) is 0 Å². The molecular formula is C14H22N6O. The molecule has 1 atom stereocenters. The van der Waals surface area contributed by atoms with Crippen LogP contribution in [-0.2, 0) is 4.79 Å². The van der Waals surface area contributed by atoms with Gasteiger partial charge in [0.25, 0.3) is 0 Å². The number of aromatic nitrogens is 5. The second kappa shape index (κ2) is 6.07. The molecule has 0 radical (unpaired) electrons. The van der Waals surface area contributed by atoms with Crippen LogP contribution in [0.4, 0.5) is 5.82 Å². The van der Waals surface area contributed by atoms with E-state index in [9.17, 15) is 4.79 Å². The first-order chi connectivity index (χ1) is 9.90. The van der Waals surface area contributed by atoms with Gasteiger partial charge in [-0.25, -0.2) is 4.98 Å². The third kappa shape index (κ3) is 3.29. The van der Waals surface area contributed by atoms with E-state index in [1.165, 1.54) is 0 Å². The topological polar surface area (TPSA) is 77.6 Å². The maximum atomic E-state index is 12.3. The van der Waals surface area contributed by atoms with E-state index in [1.54, 1.807) is 17.2 Å². The maximum absolute atomic E-state index is 12.3. The monoisotopic (exact) mass is 290 g/mol. The van der Waals surface area contributed by atoms with Gasteiger partial charge in [0.1, 0.15) is 11.9 Å². The van der Waals surface area contributed by atoms with E-state index in [1.807, 2.05) is 31.5 Å². The predicted octanol–water partition coefficient (Wildman–Crippen LogP) is 2.38. The molecule has 2 rings (SSSR count).